The number of urea groups is 1. The second-order valence-electron chi connectivity index (χ2n) is 10.2. The van der Waals surface area contributed by atoms with Gasteiger partial charge in [-0.15, -0.1) is 0 Å². The molecule has 236 valence electrons. The van der Waals surface area contributed by atoms with Crippen molar-refractivity contribution in [3.63, 3.8) is 0 Å². The van der Waals surface area contributed by atoms with E-state index in [4.69, 9.17) is 14.2 Å². The smallest absolute Gasteiger partial charge is 0.337 e. The number of ether oxygens (including phenoxy) is 3. The Morgan fingerprint density at radius 1 is 1.20 bits per heavy atom. The fourth-order valence-electron chi connectivity index (χ4n) is 4.89. The van der Waals surface area contributed by atoms with Crippen molar-refractivity contribution in [3.8, 4) is 11.5 Å². The number of nitrogens with zero attached hydrogens (tertiary/aromatic N) is 4. The van der Waals surface area contributed by atoms with E-state index in [0.29, 0.717) is 34.9 Å². The molecular formula is C29H37N7O8. The highest BCUT2D eigenvalue weighted by Gasteiger charge is 2.32. The van der Waals surface area contributed by atoms with Crippen LogP contribution in [0.4, 0.5) is 16.2 Å². The van der Waals surface area contributed by atoms with Crippen LogP contribution in [0.1, 0.15) is 31.0 Å². The molecule has 2 heterocycles. The molecule has 4 rings (SSSR count). The van der Waals surface area contributed by atoms with Gasteiger partial charge in [0.15, 0.2) is 17.7 Å². The first-order valence-corrected chi connectivity index (χ1v) is 14.1. The van der Waals surface area contributed by atoms with E-state index in [0.717, 1.165) is 31.9 Å². The largest absolute Gasteiger partial charge is 0.490 e. The van der Waals surface area contributed by atoms with E-state index in [2.05, 4.69) is 38.0 Å². The van der Waals surface area contributed by atoms with Crippen molar-refractivity contribution < 1.29 is 33.8 Å². The van der Waals surface area contributed by atoms with Gasteiger partial charge in [-0.2, -0.15) is 5.10 Å². The van der Waals surface area contributed by atoms with Crippen LogP contribution in [-0.4, -0.2) is 92.9 Å². The Hall–Kier alpha value is -4.89. The third-order valence-electron chi connectivity index (χ3n) is 7.18. The van der Waals surface area contributed by atoms with Gasteiger partial charge in [0.05, 0.1) is 42.0 Å². The molecule has 2 amide bonds. The first-order chi connectivity index (χ1) is 21.1. The van der Waals surface area contributed by atoms with Gasteiger partial charge in [-0.25, -0.2) is 9.59 Å². The highest BCUT2D eigenvalue weighted by Crippen LogP contribution is 2.35. The monoisotopic (exact) mass is 611 g/mol. The summed E-state index contributed by atoms with van der Waals surface area (Å²) in [5.41, 5.74) is 4.74. The molecule has 0 spiro atoms. The number of benzene rings is 2. The minimum absolute atomic E-state index is 0.106. The predicted octanol–water partition coefficient (Wildman–Crippen LogP) is 1.87. The number of aliphatic hydroxyl groups is 1. The second-order valence-corrected chi connectivity index (χ2v) is 10.2. The predicted molar refractivity (Wildman–Crippen MR) is 162 cm³/mol. The zero-order valence-corrected chi connectivity index (χ0v) is 25.0. The molecule has 2 aromatic rings. The Kier molecular flexibility index (Phi) is 10.6. The molecule has 0 radical (unpaired) electrons. The lowest BCUT2D eigenvalue weighted by Gasteiger charge is -2.34. The molecule has 2 atom stereocenters. The number of nitrogens with one attached hydrogen (secondary N) is 3. The van der Waals surface area contributed by atoms with E-state index in [1.165, 1.54) is 19.4 Å². The number of nitro groups is 1. The van der Waals surface area contributed by atoms with Crippen molar-refractivity contribution in [1.29, 1.82) is 0 Å². The van der Waals surface area contributed by atoms with Crippen LogP contribution in [0.2, 0.25) is 0 Å². The topological polar surface area (TPSA) is 180 Å². The molecule has 0 bridgehead atoms. The molecule has 44 heavy (non-hydrogen) atoms. The van der Waals surface area contributed by atoms with Crippen LogP contribution in [0.3, 0.4) is 0 Å². The Morgan fingerprint density at radius 3 is 2.64 bits per heavy atom. The van der Waals surface area contributed by atoms with Crippen LogP contribution in [0.5, 0.6) is 11.5 Å². The van der Waals surface area contributed by atoms with E-state index >= 15 is 0 Å². The summed E-state index contributed by atoms with van der Waals surface area (Å²) in [7, 11) is 3.31. The number of methoxy groups -OCH3 is 1. The van der Waals surface area contributed by atoms with Crippen LogP contribution in [0.25, 0.3) is 0 Å². The van der Waals surface area contributed by atoms with Gasteiger partial charge in [0.1, 0.15) is 6.61 Å². The number of piperazine rings is 1. The molecule has 2 aromatic carbocycles. The van der Waals surface area contributed by atoms with Crippen molar-refractivity contribution in [2.24, 2.45) is 5.10 Å². The number of nitro benzene ring substituents is 1. The van der Waals surface area contributed by atoms with Gasteiger partial charge in [0.25, 0.3) is 5.69 Å². The van der Waals surface area contributed by atoms with Crippen LogP contribution in [0, 0.1) is 10.1 Å². The number of hydrazone groups is 1. The number of rotatable bonds is 12. The lowest BCUT2D eigenvalue weighted by atomic mass is 9.95. The molecule has 0 aliphatic carbocycles. The summed E-state index contributed by atoms with van der Waals surface area (Å²) in [6.45, 7) is 6.85. The average Bonchev–Trinajstić information content (AvgIpc) is 3.00. The standard InChI is InChI=1S/C29H37N7O8/c1-5-43-24-15-19(27-26(28(38)42-4)18(2)31-29(39)32-27)6-9-23(24)44-17-25(37)33-30-16-20-14-21(7-8-22(20)36(40)41)35-12-10-34(3)11-13-35/h6-9,14-16,25,27,33,37H,5,10-13,17H2,1-4H3,(H2,31,32,39)/b30-16-/t25-,27-/m1/s1. The summed E-state index contributed by atoms with van der Waals surface area (Å²) in [5, 5.41) is 31.4. The maximum absolute atomic E-state index is 12.4. The molecule has 0 saturated carbocycles. The highest BCUT2D eigenvalue weighted by atomic mass is 16.6. The van der Waals surface area contributed by atoms with Crippen LogP contribution < -0.4 is 30.4 Å². The zero-order chi connectivity index (χ0) is 31.8. The number of likely N-dealkylation sites (N-methyl/N-ethyl adjacent to an activating group) is 1. The molecular weight excluding hydrogens is 574 g/mol. The van der Waals surface area contributed by atoms with Gasteiger partial charge in [-0.05, 0) is 50.7 Å². The molecule has 0 unspecified atom stereocenters. The van der Waals surface area contributed by atoms with Crippen LogP contribution in [-0.2, 0) is 9.53 Å². The van der Waals surface area contributed by atoms with Crippen molar-refractivity contribution in [2.75, 3.05) is 58.5 Å². The fraction of sp³-hybridized carbons (Fsp3) is 0.414. The number of amides is 2. The Bertz CT molecular complexity index is 1440. The molecule has 2 aliphatic rings. The average molecular weight is 612 g/mol. The summed E-state index contributed by atoms with van der Waals surface area (Å²) in [4.78, 5) is 40.1. The van der Waals surface area contributed by atoms with E-state index in [1.807, 2.05) is 0 Å². The highest BCUT2D eigenvalue weighted by molar-refractivity contribution is 5.95. The second kappa shape index (κ2) is 14.5. The zero-order valence-electron chi connectivity index (χ0n) is 25.0. The number of allylic oxidation sites excluding steroid dienone is 1. The number of carbonyl (C=O) groups excluding carboxylic acids is 2. The SMILES string of the molecule is CCOc1cc([C@H]2NC(=O)NC(C)=C2C(=O)OC)ccc1OC[C@@H](O)N/N=C\c1cc(N2CCN(C)CC2)ccc1[N+](=O)[O-]. The lowest BCUT2D eigenvalue weighted by Crippen LogP contribution is -2.45. The lowest BCUT2D eigenvalue weighted by molar-refractivity contribution is -0.385. The van der Waals surface area contributed by atoms with Gasteiger partial charge in [-0.3, -0.25) is 15.5 Å². The first-order valence-electron chi connectivity index (χ1n) is 14.1. The third kappa shape index (κ3) is 7.73. The molecule has 2 aliphatic heterocycles. The van der Waals surface area contributed by atoms with Gasteiger partial charge in [0.2, 0.25) is 0 Å². The number of anilines is 1. The molecule has 15 heteroatoms. The van der Waals surface area contributed by atoms with E-state index in [9.17, 15) is 24.8 Å². The van der Waals surface area contributed by atoms with Crippen molar-refractivity contribution in [3.05, 3.63) is 68.9 Å². The van der Waals surface area contributed by atoms with Crippen LogP contribution in [0.15, 0.2) is 52.8 Å². The number of esters is 1. The van der Waals surface area contributed by atoms with E-state index in [-0.39, 0.29) is 17.9 Å². The Balaban J connectivity index is 1.43. The molecule has 4 N–H and O–H groups in total. The Morgan fingerprint density at radius 2 is 1.95 bits per heavy atom. The number of carbonyl (C=O) groups is 2. The molecule has 1 saturated heterocycles. The first kappa shape index (κ1) is 32.0. The van der Waals surface area contributed by atoms with Crippen LogP contribution >= 0.6 is 0 Å². The van der Waals surface area contributed by atoms with Gasteiger partial charge in [-0.1, -0.05) is 6.07 Å². The van der Waals surface area contributed by atoms with Crippen molar-refractivity contribution in [1.82, 2.24) is 21.0 Å². The van der Waals surface area contributed by atoms with Gasteiger partial charge >= 0.3 is 12.0 Å². The molecule has 0 aromatic heterocycles. The summed E-state index contributed by atoms with van der Waals surface area (Å²) < 4.78 is 16.4. The Labute approximate surface area is 254 Å². The summed E-state index contributed by atoms with van der Waals surface area (Å²) >= 11 is 0. The summed E-state index contributed by atoms with van der Waals surface area (Å²) in [5.74, 6) is 0.0349. The normalized spacial score (nSPS) is 18.0. The summed E-state index contributed by atoms with van der Waals surface area (Å²) in [6.07, 6.45) is 0.0313. The summed E-state index contributed by atoms with van der Waals surface area (Å²) in [6, 6.07) is 8.53. The number of hydrogen-bond donors (Lipinski definition) is 4. The number of hydrogen-bond acceptors (Lipinski definition) is 12. The van der Waals surface area contributed by atoms with Crippen molar-refractivity contribution >= 4 is 29.6 Å². The third-order valence-corrected chi connectivity index (χ3v) is 7.18. The fourth-order valence-corrected chi connectivity index (χ4v) is 4.89. The molecule has 15 nitrogen and oxygen atoms in total. The van der Waals surface area contributed by atoms with Gasteiger partial charge in [0, 0.05) is 43.6 Å². The van der Waals surface area contributed by atoms with Gasteiger partial charge < -0.3 is 39.8 Å². The minimum atomic E-state index is -1.26. The quantitative estimate of drug-likeness (QED) is 0.0905. The van der Waals surface area contributed by atoms with E-state index in [1.54, 1.807) is 44.2 Å². The van der Waals surface area contributed by atoms with E-state index < -0.39 is 29.2 Å². The molecule has 1 fully saturated rings. The maximum Gasteiger partial charge on any atom is 0.337 e. The maximum atomic E-state index is 12.4. The van der Waals surface area contributed by atoms with Crippen molar-refractivity contribution in [2.45, 2.75) is 26.1 Å². The minimum Gasteiger partial charge on any atom is -0.490 e. The number of aliphatic hydroxyl groups excluding tert-OH is 1.